The van der Waals surface area contributed by atoms with Gasteiger partial charge < -0.3 is 11.1 Å². The van der Waals surface area contributed by atoms with E-state index in [0.717, 1.165) is 32.5 Å². The molecule has 0 aromatic carbocycles. The van der Waals surface area contributed by atoms with Crippen molar-refractivity contribution in [2.24, 2.45) is 11.7 Å². The molecule has 1 saturated carbocycles. The lowest BCUT2D eigenvalue weighted by molar-refractivity contribution is -0.123. The van der Waals surface area contributed by atoms with E-state index in [1.165, 1.54) is 32.1 Å². The average Bonchev–Trinajstić information content (AvgIpc) is 2.40. The summed E-state index contributed by atoms with van der Waals surface area (Å²) in [5.41, 5.74) is 5.72. The number of rotatable bonds is 4. The summed E-state index contributed by atoms with van der Waals surface area (Å²) < 4.78 is 0. The van der Waals surface area contributed by atoms with Crippen molar-refractivity contribution in [1.29, 1.82) is 0 Å². The summed E-state index contributed by atoms with van der Waals surface area (Å²) in [5.74, 6) is 0.792. The number of carbonyl (C=O) groups excluding carboxylic acids is 1. The molecule has 3 N–H and O–H groups in total. The van der Waals surface area contributed by atoms with Crippen LogP contribution in [0.5, 0.6) is 0 Å². The summed E-state index contributed by atoms with van der Waals surface area (Å²) in [6, 6.07) is 0.432. The monoisotopic (exact) mass is 289 g/mol. The second-order valence-electron chi connectivity index (χ2n) is 5.88. The van der Waals surface area contributed by atoms with Crippen LogP contribution in [0.15, 0.2) is 0 Å². The standard InChI is InChI=1S/C14H27N3O.ClH/c15-9-12-5-4-8-17(10-12)11-14(18)16-13-6-2-1-3-7-13;/h12-13H,1-11,15H2,(H,16,18);1H. The molecule has 1 amide bonds. The van der Waals surface area contributed by atoms with Crippen molar-refractivity contribution in [2.75, 3.05) is 26.2 Å². The van der Waals surface area contributed by atoms with Crippen molar-refractivity contribution in [3.63, 3.8) is 0 Å². The third-order valence-electron chi connectivity index (χ3n) is 4.27. The van der Waals surface area contributed by atoms with Gasteiger partial charge in [0.15, 0.2) is 0 Å². The molecule has 2 aliphatic rings. The minimum atomic E-state index is 0. The topological polar surface area (TPSA) is 58.4 Å². The number of hydrogen-bond acceptors (Lipinski definition) is 3. The van der Waals surface area contributed by atoms with Gasteiger partial charge in [-0.1, -0.05) is 19.3 Å². The molecule has 19 heavy (non-hydrogen) atoms. The normalized spacial score (nSPS) is 25.6. The SMILES string of the molecule is Cl.NCC1CCCN(CC(=O)NC2CCCCC2)C1. The summed E-state index contributed by atoms with van der Waals surface area (Å²) in [5, 5.41) is 3.19. The van der Waals surface area contributed by atoms with Crippen LogP contribution in [0.3, 0.4) is 0 Å². The number of nitrogens with one attached hydrogen (secondary N) is 1. The van der Waals surface area contributed by atoms with E-state index >= 15 is 0 Å². The molecule has 0 radical (unpaired) electrons. The molecule has 0 spiro atoms. The molecule has 0 aromatic heterocycles. The second kappa shape index (κ2) is 8.77. The molecule has 1 atom stereocenters. The van der Waals surface area contributed by atoms with E-state index in [0.29, 0.717) is 18.5 Å². The fourth-order valence-corrected chi connectivity index (χ4v) is 3.21. The Labute approximate surface area is 122 Å². The Morgan fingerprint density at radius 1 is 1.16 bits per heavy atom. The fraction of sp³-hybridized carbons (Fsp3) is 0.929. The van der Waals surface area contributed by atoms with E-state index in [9.17, 15) is 4.79 Å². The molecule has 2 rings (SSSR count). The van der Waals surface area contributed by atoms with Gasteiger partial charge in [-0.25, -0.2) is 0 Å². The number of likely N-dealkylation sites (tertiary alicyclic amines) is 1. The third kappa shape index (κ3) is 5.67. The van der Waals surface area contributed by atoms with Gasteiger partial charge in [0.05, 0.1) is 6.54 Å². The minimum absolute atomic E-state index is 0. The van der Waals surface area contributed by atoms with Crippen molar-refractivity contribution < 1.29 is 4.79 Å². The van der Waals surface area contributed by atoms with Crippen molar-refractivity contribution in [3.8, 4) is 0 Å². The van der Waals surface area contributed by atoms with Crippen LogP contribution in [0.25, 0.3) is 0 Å². The van der Waals surface area contributed by atoms with E-state index in [-0.39, 0.29) is 18.3 Å². The predicted octanol–water partition coefficient (Wildman–Crippen LogP) is 1.53. The fourth-order valence-electron chi connectivity index (χ4n) is 3.21. The maximum atomic E-state index is 12.0. The summed E-state index contributed by atoms with van der Waals surface area (Å²) >= 11 is 0. The molecule has 112 valence electrons. The Morgan fingerprint density at radius 3 is 2.58 bits per heavy atom. The van der Waals surface area contributed by atoms with E-state index < -0.39 is 0 Å². The Hall–Kier alpha value is -0.320. The highest BCUT2D eigenvalue weighted by Gasteiger charge is 2.22. The number of piperidine rings is 1. The van der Waals surface area contributed by atoms with Crippen LogP contribution in [0, 0.1) is 5.92 Å². The van der Waals surface area contributed by atoms with Crippen LogP contribution in [0.4, 0.5) is 0 Å². The van der Waals surface area contributed by atoms with Crippen LogP contribution >= 0.6 is 12.4 Å². The Balaban J connectivity index is 0.00000180. The van der Waals surface area contributed by atoms with Crippen LogP contribution in [0.1, 0.15) is 44.9 Å². The summed E-state index contributed by atoms with van der Waals surface area (Å²) in [6.45, 7) is 3.36. The van der Waals surface area contributed by atoms with Gasteiger partial charge in [-0.3, -0.25) is 9.69 Å². The molecule has 4 nitrogen and oxygen atoms in total. The molecule has 5 heteroatoms. The van der Waals surface area contributed by atoms with Gasteiger partial charge in [0, 0.05) is 12.6 Å². The predicted molar refractivity (Wildman–Crippen MR) is 80.5 cm³/mol. The first-order chi connectivity index (χ1) is 8.78. The first-order valence-corrected chi connectivity index (χ1v) is 7.49. The number of halogens is 1. The summed E-state index contributed by atoms with van der Waals surface area (Å²) in [4.78, 5) is 14.3. The summed E-state index contributed by atoms with van der Waals surface area (Å²) in [7, 11) is 0. The van der Waals surface area contributed by atoms with E-state index in [1.54, 1.807) is 0 Å². The molecule has 1 heterocycles. The zero-order valence-corrected chi connectivity index (χ0v) is 12.6. The highest BCUT2D eigenvalue weighted by atomic mass is 35.5. The van der Waals surface area contributed by atoms with Gasteiger partial charge in [-0.05, 0) is 44.7 Å². The molecular formula is C14H28ClN3O. The Morgan fingerprint density at radius 2 is 1.89 bits per heavy atom. The van der Waals surface area contributed by atoms with Crippen LogP contribution < -0.4 is 11.1 Å². The van der Waals surface area contributed by atoms with Crippen molar-refractivity contribution in [3.05, 3.63) is 0 Å². The number of hydrogen-bond donors (Lipinski definition) is 2. The van der Waals surface area contributed by atoms with Crippen molar-refractivity contribution in [2.45, 2.75) is 51.0 Å². The molecule has 1 aliphatic heterocycles. The van der Waals surface area contributed by atoms with Crippen molar-refractivity contribution >= 4 is 18.3 Å². The number of amides is 1. The largest absolute Gasteiger partial charge is 0.352 e. The van der Waals surface area contributed by atoms with Crippen LogP contribution in [-0.4, -0.2) is 43.0 Å². The van der Waals surface area contributed by atoms with Gasteiger partial charge in [0.25, 0.3) is 0 Å². The average molecular weight is 290 g/mol. The molecule has 1 saturated heterocycles. The number of carbonyl (C=O) groups is 1. The maximum Gasteiger partial charge on any atom is 0.234 e. The zero-order valence-electron chi connectivity index (χ0n) is 11.8. The highest BCUT2D eigenvalue weighted by molar-refractivity contribution is 5.85. The molecule has 2 fully saturated rings. The first kappa shape index (κ1) is 16.7. The van der Waals surface area contributed by atoms with Gasteiger partial charge in [0.1, 0.15) is 0 Å². The lowest BCUT2D eigenvalue weighted by Gasteiger charge is -2.32. The highest BCUT2D eigenvalue weighted by Crippen LogP contribution is 2.18. The third-order valence-corrected chi connectivity index (χ3v) is 4.27. The Kier molecular flexibility index (Phi) is 7.73. The minimum Gasteiger partial charge on any atom is -0.352 e. The van der Waals surface area contributed by atoms with E-state index in [1.807, 2.05) is 0 Å². The number of nitrogens with two attached hydrogens (primary N) is 1. The first-order valence-electron chi connectivity index (χ1n) is 7.49. The molecular weight excluding hydrogens is 262 g/mol. The summed E-state index contributed by atoms with van der Waals surface area (Å²) in [6.07, 6.45) is 8.59. The smallest absolute Gasteiger partial charge is 0.234 e. The molecule has 1 unspecified atom stereocenters. The quantitative estimate of drug-likeness (QED) is 0.825. The van der Waals surface area contributed by atoms with Crippen LogP contribution in [-0.2, 0) is 4.79 Å². The molecule has 1 aliphatic carbocycles. The molecule has 0 bridgehead atoms. The maximum absolute atomic E-state index is 12.0. The van der Waals surface area contributed by atoms with Gasteiger partial charge in [0.2, 0.25) is 5.91 Å². The van der Waals surface area contributed by atoms with Gasteiger partial charge in [-0.15, -0.1) is 12.4 Å². The Bertz CT molecular complexity index is 269. The molecule has 0 aromatic rings. The lowest BCUT2D eigenvalue weighted by Crippen LogP contribution is -2.46. The van der Waals surface area contributed by atoms with E-state index in [4.69, 9.17) is 5.73 Å². The second-order valence-corrected chi connectivity index (χ2v) is 5.88. The number of nitrogens with zero attached hydrogens (tertiary/aromatic N) is 1. The van der Waals surface area contributed by atoms with Crippen LogP contribution in [0.2, 0.25) is 0 Å². The van der Waals surface area contributed by atoms with E-state index in [2.05, 4.69) is 10.2 Å². The van der Waals surface area contributed by atoms with Gasteiger partial charge >= 0.3 is 0 Å². The zero-order chi connectivity index (χ0) is 12.8. The van der Waals surface area contributed by atoms with Gasteiger partial charge in [-0.2, -0.15) is 0 Å². The van der Waals surface area contributed by atoms with Crippen molar-refractivity contribution in [1.82, 2.24) is 10.2 Å². The lowest BCUT2D eigenvalue weighted by atomic mass is 9.95.